The first-order valence-electron chi connectivity index (χ1n) is 8.12. The van der Waals surface area contributed by atoms with E-state index in [0.717, 1.165) is 5.56 Å². The number of hydrogen-bond acceptors (Lipinski definition) is 3. The molecule has 0 aromatic heterocycles. The SMILES string of the molecule is CC(C)C(CC(=O)N1CCCC(O)(C(=O)O)C1)c1ccccc1. The fourth-order valence-corrected chi connectivity index (χ4v) is 3.18. The Kier molecular flexibility index (Phi) is 5.42. The molecule has 5 nitrogen and oxygen atoms in total. The molecule has 2 N–H and O–H groups in total. The summed E-state index contributed by atoms with van der Waals surface area (Å²) in [4.78, 5) is 25.3. The lowest BCUT2D eigenvalue weighted by Gasteiger charge is -2.37. The van der Waals surface area contributed by atoms with Crippen LogP contribution < -0.4 is 0 Å². The Labute approximate surface area is 136 Å². The Hall–Kier alpha value is -1.88. The maximum atomic E-state index is 12.6. The molecule has 1 aliphatic rings. The van der Waals surface area contributed by atoms with E-state index in [1.807, 2.05) is 30.3 Å². The highest BCUT2D eigenvalue weighted by atomic mass is 16.4. The van der Waals surface area contributed by atoms with Gasteiger partial charge in [0.25, 0.3) is 0 Å². The summed E-state index contributed by atoms with van der Waals surface area (Å²) >= 11 is 0. The zero-order valence-corrected chi connectivity index (χ0v) is 13.7. The number of piperidine rings is 1. The normalized spacial score (nSPS) is 22.9. The van der Waals surface area contributed by atoms with Crippen molar-refractivity contribution in [1.82, 2.24) is 4.90 Å². The number of benzene rings is 1. The highest BCUT2D eigenvalue weighted by Crippen LogP contribution is 2.30. The van der Waals surface area contributed by atoms with Gasteiger partial charge in [-0.1, -0.05) is 44.2 Å². The molecule has 126 valence electrons. The number of nitrogens with zero attached hydrogens (tertiary/aromatic N) is 1. The Balaban J connectivity index is 2.09. The van der Waals surface area contributed by atoms with Gasteiger partial charge in [0.15, 0.2) is 5.60 Å². The highest BCUT2D eigenvalue weighted by Gasteiger charge is 2.42. The smallest absolute Gasteiger partial charge is 0.337 e. The third kappa shape index (κ3) is 4.10. The zero-order chi connectivity index (χ0) is 17.0. The number of likely N-dealkylation sites (tertiary alicyclic amines) is 1. The van der Waals surface area contributed by atoms with Crippen LogP contribution in [0.25, 0.3) is 0 Å². The van der Waals surface area contributed by atoms with E-state index in [9.17, 15) is 14.7 Å². The van der Waals surface area contributed by atoms with Crippen LogP contribution in [-0.2, 0) is 9.59 Å². The predicted octanol–water partition coefficient (Wildman–Crippen LogP) is 2.25. The van der Waals surface area contributed by atoms with Gasteiger partial charge in [0.1, 0.15) is 0 Å². The van der Waals surface area contributed by atoms with Crippen LogP contribution in [0.4, 0.5) is 0 Å². The lowest BCUT2D eigenvalue weighted by molar-refractivity contribution is -0.166. The van der Waals surface area contributed by atoms with E-state index >= 15 is 0 Å². The minimum atomic E-state index is -1.81. The van der Waals surface area contributed by atoms with Crippen LogP contribution in [0.5, 0.6) is 0 Å². The number of amides is 1. The standard InChI is InChI=1S/C18H25NO4/c1-13(2)15(14-7-4-3-5-8-14)11-16(20)19-10-6-9-18(23,12-19)17(21)22/h3-5,7-8,13,15,23H,6,9-12H2,1-2H3,(H,21,22). The minimum Gasteiger partial charge on any atom is -0.479 e. The molecule has 1 aromatic rings. The van der Waals surface area contributed by atoms with Crippen molar-refractivity contribution in [3.05, 3.63) is 35.9 Å². The number of carboxylic acids is 1. The van der Waals surface area contributed by atoms with Gasteiger partial charge in [-0.15, -0.1) is 0 Å². The van der Waals surface area contributed by atoms with E-state index in [2.05, 4.69) is 13.8 Å². The Morgan fingerprint density at radius 1 is 1.26 bits per heavy atom. The molecule has 0 saturated carbocycles. The summed E-state index contributed by atoms with van der Waals surface area (Å²) in [5.41, 5.74) is -0.699. The summed E-state index contributed by atoms with van der Waals surface area (Å²) in [7, 11) is 0. The van der Waals surface area contributed by atoms with Gasteiger partial charge in [-0.2, -0.15) is 0 Å². The summed E-state index contributed by atoms with van der Waals surface area (Å²) < 4.78 is 0. The fraction of sp³-hybridized carbons (Fsp3) is 0.556. The zero-order valence-electron chi connectivity index (χ0n) is 13.7. The molecule has 1 amide bonds. The van der Waals surface area contributed by atoms with Crippen molar-refractivity contribution >= 4 is 11.9 Å². The molecule has 2 rings (SSSR count). The monoisotopic (exact) mass is 319 g/mol. The fourth-order valence-electron chi connectivity index (χ4n) is 3.18. The summed E-state index contributed by atoms with van der Waals surface area (Å²) in [5, 5.41) is 19.3. The second-order valence-electron chi connectivity index (χ2n) is 6.72. The van der Waals surface area contributed by atoms with Gasteiger partial charge in [-0.25, -0.2) is 4.79 Å². The van der Waals surface area contributed by atoms with Crippen LogP contribution in [0.2, 0.25) is 0 Å². The van der Waals surface area contributed by atoms with E-state index in [4.69, 9.17) is 5.11 Å². The largest absolute Gasteiger partial charge is 0.479 e. The quantitative estimate of drug-likeness (QED) is 0.872. The van der Waals surface area contributed by atoms with Crippen molar-refractivity contribution in [1.29, 1.82) is 0 Å². The van der Waals surface area contributed by atoms with Crippen LogP contribution in [-0.4, -0.2) is 45.7 Å². The predicted molar refractivity (Wildman–Crippen MR) is 87.0 cm³/mol. The highest BCUT2D eigenvalue weighted by molar-refractivity contribution is 5.81. The molecule has 1 saturated heterocycles. The van der Waals surface area contributed by atoms with Crippen molar-refractivity contribution in [2.75, 3.05) is 13.1 Å². The van der Waals surface area contributed by atoms with Gasteiger partial charge in [-0.3, -0.25) is 4.79 Å². The van der Waals surface area contributed by atoms with Gasteiger partial charge in [0.05, 0.1) is 6.54 Å². The average Bonchev–Trinajstić information content (AvgIpc) is 2.52. The number of aliphatic hydroxyl groups is 1. The molecule has 2 atom stereocenters. The second-order valence-corrected chi connectivity index (χ2v) is 6.72. The van der Waals surface area contributed by atoms with Crippen LogP contribution >= 0.6 is 0 Å². The number of hydrogen-bond donors (Lipinski definition) is 2. The Morgan fingerprint density at radius 2 is 1.91 bits per heavy atom. The molecule has 23 heavy (non-hydrogen) atoms. The maximum absolute atomic E-state index is 12.6. The van der Waals surface area contributed by atoms with Gasteiger partial charge in [-0.05, 0) is 30.2 Å². The molecule has 1 heterocycles. The number of β-amino-alcohol motifs (C(OH)–C–C–N with tert-alkyl or cyclic N) is 1. The molecular formula is C18H25NO4. The number of aliphatic carboxylic acids is 1. The second kappa shape index (κ2) is 7.13. The molecule has 1 aromatic carbocycles. The van der Waals surface area contributed by atoms with Gasteiger partial charge in [0, 0.05) is 13.0 Å². The van der Waals surface area contributed by atoms with Crippen molar-refractivity contribution < 1.29 is 19.8 Å². The molecule has 0 bridgehead atoms. The number of carboxylic acid groups (broad SMARTS) is 1. The third-order valence-electron chi connectivity index (χ3n) is 4.65. The molecule has 0 aliphatic carbocycles. The van der Waals surface area contributed by atoms with E-state index < -0.39 is 11.6 Å². The molecule has 0 spiro atoms. The summed E-state index contributed by atoms with van der Waals surface area (Å²) in [5.74, 6) is -0.960. The van der Waals surface area contributed by atoms with Crippen molar-refractivity contribution in [3.8, 4) is 0 Å². The summed E-state index contributed by atoms with van der Waals surface area (Å²) in [6, 6.07) is 9.89. The van der Waals surface area contributed by atoms with Crippen molar-refractivity contribution in [2.45, 2.75) is 44.6 Å². The minimum absolute atomic E-state index is 0.0866. The van der Waals surface area contributed by atoms with Gasteiger partial charge >= 0.3 is 5.97 Å². The van der Waals surface area contributed by atoms with Crippen molar-refractivity contribution in [3.63, 3.8) is 0 Å². The topological polar surface area (TPSA) is 77.8 Å². The first kappa shape index (κ1) is 17.5. The van der Waals surface area contributed by atoms with Crippen LogP contribution in [0.1, 0.15) is 44.6 Å². The lowest BCUT2D eigenvalue weighted by Crippen LogP contribution is -2.54. The number of rotatable bonds is 5. The first-order chi connectivity index (χ1) is 10.8. The van der Waals surface area contributed by atoms with E-state index in [-0.39, 0.29) is 24.8 Å². The summed E-state index contributed by atoms with van der Waals surface area (Å²) in [6.45, 7) is 4.54. The van der Waals surface area contributed by atoms with Crippen LogP contribution in [0.3, 0.4) is 0 Å². The van der Waals surface area contributed by atoms with Crippen LogP contribution in [0.15, 0.2) is 30.3 Å². The molecule has 0 radical (unpaired) electrons. The molecule has 5 heteroatoms. The first-order valence-corrected chi connectivity index (χ1v) is 8.12. The Bertz CT molecular complexity index is 557. The molecule has 1 fully saturated rings. The lowest BCUT2D eigenvalue weighted by atomic mass is 9.85. The van der Waals surface area contributed by atoms with Crippen molar-refractivity contribution in [2.24, 2.45) is 5.92 Å². The summed E-state index contributed by atoms with van der Waals surface area (Å²) in [6.07, 6.45) is 1.03. The molecular weight excluding hydrogens is 294 g/mol. The maximum Gasteiger partial charge on any atom is 0.337 e. The van der Waals surface area contributed by atoms with E-state index in [0.29, 0.717) is 25.3 Å². The Morgan fingerprint density at radius 3 is 2.48 bits per heavy atom. The van der Waals surface area contributed by atoms with Crippen LogP contribution in [0, 0.1) is 5.92 Å². The molecule has 2 unspecified atom stereocenters. The van der Waals surface area contributed by atoms with Gasteiger partial charge < -0.3 is 15.1 Å². The van der Waals surface area contributed by atoms with Gasteiger partial charge in [0.2, 0.25) is 5.91 Å². The third-order valence-corrected chi connectivity index (χ3v) is 4.65. The number of carbonyl (C=O) groups excluding carboxylic acids is 1. The average molecular weight is 319 g/mol. The number of carbonyl (C=O) groups is 2. The molecule has 1 aliphatic heterocycles. The van der Waals surface area contributed by atoms with E-state index in [1.54, 1.807) is 0 Å². The van der Waals surface area contributed by atoms with E-state index in [1.165, 1.54) is 4.90 Å².